The highest BCUT2D eigenvalue weighted by Gasteiger charge is 2.35. The number of aromatic nitrogens is 1. The third kappa shape index (κ3) is 5.04. The molecule has 1 amide bonds. The van der Waals surface area contributed by atoms with Gasteiger partial charge in [-0.2, -0.15) is 9.57 Å². The average molecular weight is 500 g/mol. The molecule has 1 aromatic carbocycles. The Morgan fingerprint density at radius 3 is 2.34 bits per heavy atom. The third-order valence-corrected chi connectivity index (χ3v) is 8.49. The first kappa shape index (κ1) is 24.8. The van der Waals surface area contributed by atoms with E-state index in [1.54, 1.807) is 24.4 Å². The highest BCUT2D eigenvalue weighted by atomic mass is 32.2. The Bertz CT molecular complexity index is 1210. The maximum absolute atomic E-state index is 13.2. The SMILES string of the molecule is COc1ccc(S(=O)(=O)N2CCC(C(=O)N3CCN(c4ncccc4C#N)CC3)CC2)cc1OC. The fraction of sp³-hybridized carbons (Fsp3) is 0.458. The number of sulfonamides is 1. The van der Waals surface area contributed by atoms with Gasteiger partial charge in [-0.3, -0.25) is 4.79 Å². The summed E-state index contributed by atoms with van der Waals surface area (Å²) in [5.74, 6) is 1.32. The number of piperidine rings is 1. The maximum atomic E-state index is 13.2. The predicted molar refractivity (Wildman–Crippen MR) is 129 cm³/mol. The Kier molecular flexibility index (Phi) is 7.42. The first-order valence-corrected chi connectivity index (χ1v) is 12.9. The van der Waals surface area contributed by atoms with E-state index in [9.17, 15) is 18.5 Å². The van der Waals surface area contributed by atoms with Crippen LogP contribution in [0.15, 0.2) is 41.4 Å². The highest BCUT2D eigenvalue weighted by Crippen LogP contribution is 2.32. The number of methoxy groups -OCH3 is 2. The van der Waals surface area contributed by atoms with Crippen molar-refractivity contribution < 1.29 is 22.7 Å². The lowest BCUT2D eigenvalue weighted by Crippen LogP contribution is -2.52. The Hall–Kier alpha value is -3.36. The van der Waals surface area contributed by atoms with Gasteiger partial charge in [0.25, 0.3) is 0 Å². The molecule has 2 aliphatic heterocycles. The Morgan fingerprint density at radius 1 is 1.03 bits per heavy atom. The van der Waals surface area contributed by atoms with Crippen LogP contribution >= 0.6 is 0 Å². The Morgan fingerprint density at radius 2 is 1.71 bits per heavy atom. The molecule has 0 aliphatic carbocycles. The van der Waals surface area contributed by atoms with Gasteiger partial charge in [0.2, 0.25) is 15.9 Å². The van der Waals surface area contributed by atoms with E-state index in [1.165, 1.54) is 30.7 Å². The second kappa shape index (κ2) is 10.5. The van der Waals surface area contributed by atoms with Crippen molar-refractivity contribution >= 4 is 21.7 Å². The number of rotatable bonds is 6. The van der Waals surface area contributed by atoms with Crippen LogP contribution in [0.25, 0.3) is 0 Å². The van der Waals surface area contributed by atoms with Crippen LogP contribution in [-0.4, -0.2) is 82.0 Å². The molecule has 11 heteroatoms. The molecule has 35 heavy (non-hydrogen) atoms. The van der Waals surface area contributed by atoms with Gasteiger partial charge in [-0.1, -0.05) is 0 Å². The van der Waals surface area contributed by atoms with Crippen LogP contribution in [0.3, 0.4) is 0 Å². The molecule has 2 fully saturated rings. The molecule has 1 aromatic heterocycles. The molecule has 10 nitrogen and oxygen atoms in total. The van der Waals surface area contributed by atoms with E-state index in [2.05, 4.69) is 11.1 Å². The van der Waals surface area contributed by atoms with Crippen molar-refractivity contribution in [3.05, 3.63) is 42.1 Å². The zero-order valence-corrected chi connectivity index (χ0v) is 20.7. The molecule has 0 bridgehead atoms. The summed E-state index contributed by atoms with van der Waals surface area (Å²) >= 11 is 0. The number of nitrogens with zero attached hydrogens (tertiary/aromatic N) is 5. The minimum Gasteiger partial charge on any atom is -0.493 e. The summed E-state index contributed by atoms with van der Waals surface area (Å²) in [5.41, 5.74) is 0.523. The van der Waals surface area contributed by atoms with Crippen LogP contribution < -0.4 is 14.4 Å². The van der Waals surface area contributed by atoms with Crippen LogP contribution in [0.1, 0.15) is 18.4 Å². The van der Waals surface area contributed by atoms with Crippen LogP contribution in [0.4, 0.5) is 5.82 Å². The van der Waals surface area contributed by atoms with E-state index in [4.69, 9.17) is 9.47 Å². The molecule has 0 spiro atoms. The number of carbonyl (C=O) groups excluding carboxylic acids is 1. The smallest absolute Gasteiger partial charge is 0.243 e. The minimum absolute atomic E-state index is 0.0642. The van der Waals surface area contributed by atoms with Crippen molar-refractivity contribution in [1.82, 2.24) is 14.2 Å². The second-order valence-electron chi connectivity index (χ2n) is 8.49. The van der Waals surface area contributed by atoms with E-state index in [0.717, 1.165) is 0 Å². The van der Waals surface area contributed by atoms with Gasteiger partial charge in [-0.25, -0.2) is 13.4 Å². The van der Waals surface area contributed by atoms with E-state index >= 15 is 0 Å². The fourth-order valence-corrected chi connectivity index (χ4v) is 6.09. The summed E-state index contributed by atoms with van der Waals surface area (Å²) in [6.45, 7) is 2.86. The van der Waals surface area contributed by atoms with Crippen LogP contribution in [-0.2, 0) is 14.8 Å². The van der Waals surface area contributed by atoms with E-state index in [-0.39, 0.29) is 29.8 Å². The normalized spacial score (nSPS) is 17.6. The van der Waals surface area contributed by atoms with Gasteiger partial charge in [0, 0.05) is 57.4 Å². The van der Waals surface area contributed by atoms with Crippen LogP contribution in [0, 0.1) is 17.2 Å². The summed E-state index contributed by atoms with van der Waals surface area (Å²) < 4.78 is 38.2. The predicted octanol–water partition coefficient (Wildman–Crippen LogP) is 1.72. The lowest BCUT2D eigenvalue weighted by atomic mass is 9.96. The topological polar surface area (TPSA) is 116 Å². The molecule has 4 rings (SSSR count). The van der Waals surface area contributed by atoms with E-state index < -0.39 is 10.0 Å². The number of hydrogen-bond donors (Lipinski definition) is 0. The molecular weight excluding hydrogens is 470 g/mol. The standard InChI is InChI=1S/C24H29N5O5S/c1-33-21-6-5-20(16-22(21)34-2)35(31,32)29-10-7-18(8-11-29)24(30)28-14-12-27(13-15-28)23-19(17-25)4-3-9-26-23/h3-6,9,16,18H,7-8,10-15H2,1-2H3. The summed E-state index contributed by atoms with van der Waals surface area (Å²) in [5, 5.41) is 9.32. The number of hydrogen-bond acceptors (Lipinski definition) is 8. The minimum atomic E-state index is -3.71. The molecule has 3 heterocycles. The second-order valence-corrected chi connectivity index (χ2v) is 10.4. The van der Waals surface area contributed by atoms with Gasteiger partial charge in [-0.05, 0) is 37.1 Å². The van der Waals surface area contributed by atoms with Gasteiger partial charge >= 0.3 is 0 Å². The summed E-state index contributed by atoms with van der Waals surface area (Å²) in [6.07, 6.45) is 2.62. The Labute approximate surface area is 205 Å². The number of anilines is 1. The zero-order valence-electron chi connectivity index (χ0n) is 19.9. The molecule has 2 saturated heterocycles. The van der Waals surface area contributed by atoms with Gasteiger partial charge < -0.3 is 19.3 Å². The lowest BCUT2D eigenvalue weighted by Gasteiger charge is -2.38. The van der Waals surface area contributed by atoms with E-state index in [1.807, 2.05) is 9.80 Å². The average Bonchev–Trinajstić information content (AvgIpc) is 2.92. The number of carbonyl (C=O) groups is 1. The molecule has 0 saturated carbocycles. The number of nitriles is 1. The molecule has 0 atom stereocenters. The molecule has 0 radical (unpaired) electrons. The van der Waals surface area contributed by atoms with Crippen LogP contribution in [0.5, 0.6) is 11.5 Å². The van der Waals surface area contributed by atoms with Crippen molar-refractivity contribution in [2.24, 2.45) is 5.92 Å². The van der Waals surface area contributed by atoms with Gasteiger partial charge in [-0.15, -0.1) is 0 Å². The number of amides is 1. The number of ether oxygens (including phenoxy) is 2. The molecule has 186 valence electrons. The van der Waals surface area contributed by atoms with Crippen molar-refractivity contribution in [3.63, 3.8) is 0 Å². The summed E-state index contributed by atoms with van der Waals surface area (Å²) in [7, 11) is -0.747. The molecule has 0 unspecified atom stereocenters. The van der Waals surface area contributed by atoms with Crippen molar-refractivity contribution in [3.8, 4) is 17.6 Å². The zero-order chi connectivity index (χ0) is 25.0. The summed E-state index contributed by atoms with van der Waals surface area (Å²) in [4.78, 5) is 21.5. The number of pyridine rings is 1. The Balaban J connectivity index is 1.34. The van der Waals surface area contributed by atoms with Gasteiger partial charge in [0.15, 0.2) is 11.5 Å². The first-order valence-electron chi connectivity index (χ1n) is 11.5. The molecule has 0 N–H and O–H groups in total. The van der Waals surface area contributed by atoms with Crippen molar-refractivity contribution in [1.29, 1.82) is 5.26 Å². The number of benzene rings is 1. The lowest BCUT2D eigenvalue weighted by molar-refractivity contribution is -0.137. The maximum Gasteiger partial charge on any atom is 0.243 e. The van der Waals surface area contributed by atoms with Crippen molar-refractivity contribution in [2.45, 2.75) is 17.7 Å². The largest absolute Gasteiger partial charge is 0.493 e. The van der Waals surface area contributed by atoms with Crippen LogP contribution in [0.2, 0.25) is 0 Å². The molecule has 2 aliphatic rings. The van der Waals surface area contributed by atoms with Gasteiger partial charge in [0.1, 0.15) is 11.9 Å². The van der Waals surface area contributed by atoms with Crippen molar-refractivity contribution in [2.75, 3.05) is 58.4 Å². The molecule has 2 aromatic rings. The van der Waals surface area contributed by atoms with Gasteiger partial charge in [0.05, 0.1) is 24.7 Å². The fourth-order valence-electron chi connectivity index (χ4n) is 4.60. The highest BCUT2D eigenvalue weighted by molar-refractivity contribution is 7.89. The molecular formula is C24H29N5O5S. The number of piperazine rings is 1. The summed E-state index contributed by atoms with van der Waals surface area (Å²) in [6, 6.07) is 10.2. The quantitative estimate of drug-likeness (QED) is 0.590. The third-order valence-electron chi connectivity index (χ3n) is 6.59. The monoisotopic (exact) mass is 499 g/mol. The van der Waals surface area contributed by atoms with E-state index in [0.29, 0.717) is 61.9 Å². The first-order chi connectivity index (χ1) is 16.9.